The van der Waals surface area contributed by atoms with Gasteiger partial charge in [-0.3, -0.25) is 4.79 Å². The molecule has 1 amide bonds. The molecule has 0 saturated carbocycles. The van der Waals surface area contributed by atoms with Gasteiger partial charge in [0.25, 0.3) is 0 Å². The van der Waals surface area contributed by atoms with Gasteiger partial charge in [-0.2, -0.15) is 0 Å². The van der Waals surface area contributed by atoms with Gasteiger partial charge in [-0.25, -0.2) is 17.7 Å². The van der Waals surface area contributed by atoms with Gasteiger partial charge in [0.2, 0.25) is 21.8 Å². The quantitative estimate of drug-likeness (QED) is 0.808. The molecule has 1 aliphatic heterocycles. The van der Waals surface area contributed by atoms with Crippen molar-refractivity contribution >= 4 is 21.6 Å². The van der Waals surface area contributed by atoms with Crippen molar-refractivity contribution < 1.29 is 17.9 Å². The molecule has 0 aromatic carbocycles. The van der Waals surface area contributed by atoms with Gasteiger partial charge in [0.15, 0.2) is 0 Å². The third-order valence-corrected chi connectivity index (χ3v) is 5.96. The van der Waals surface area contributed by atoms with Crippen LogP contribution < -0.4 is 10.1 Å². The highest BCUT2D eigenvalue weighted by Crippen LogP contribution is 2.20. The Hall–Kier alpha value is -1.67. The van der Waals surface area contributed by atoms with Crippen molar-refractivity contribution in [1.29, 1.82) is 0 Å². The summed E-state index contributed by atoms with van der Waals surface area (Å²) < 4.78 is 31.4. The van der Waals surface area contributed by atoms with Crippen LogP contribution in [0.5, 0.6) is 5.88 Å². The van der Waals surface area contributed by atoms with E-state index in [0.717, 1.165) is 0 Å². The normalized spacial score (nSPS) is 16.8. The Kier molecular flexibility index (Phi) is 6.56. The molecule has 1 N–H and O–H groups in total. The highest BCUT2D eigenvalue weighted by atomic mass is 32.2. The summed E-state index contributed by atoms with van der Waals surface area (Å²) in [6, 6.07) is 3.46. The molecule has 2 heterocycles. The first-order chi connectivity index (χ1) is 11.4. The van der Waals surface area contributed by atoms with E-state index in [0.29, 0.717) is 50.3 Å². The zero-order valence-electron chi connectivity index (χ0n) is 14.2. The molecule has 0 aliphatic carbocycles. The van der Waals surface area contributed by atoms with Crippen LogP contribution in [0.2, 0.25) is 0 Å². The molecule has 8 heteroatoms. The molecule has 1 aromatic heterocycles. The maximum atomic E-state index is 12.0. The lowest BCUT2D eigenvalue weighted by atomic mass is 10.1. The molecule has 1 aliphatic rings. The van der Waals surface area contributed by atoms with Crippen LogP contribution >= 0.6 is 0 Å². The van der Waals surface area contributed by atoms with Crippen molar-refractivity contribution in [3.8, 4) is 5.88 Å². The SMILES string of the molecule is CCCS(=O)(=O)N1CCC(Oc2ccc(NC(=O)CC)cn2)CC1. The second kappa shape index (κ2) is 8.43. The van der Waals surface area contributed by atoms with Crippen molar-refractivity contribution in [2.75, 3.05) is 24.2 Å². The van der Waals surface area contributed by atoms with E-state index in [2.05, 4.69) is 10.3 Å². The van der Waals surface area contributed by atoms with Crippen LogP contribution in [-0.2, 0) is 14.8 Å². The molecule has 0 unspecified atom stereocenters. The molecule has 134 valence electrons. The molecule has 0 bridgehead atoms. The van der Waals surface area contributed by atoms with E-state index in [4.69, 9.17) is 4.74 Å². The molecule has 0 spiro atoms. The topological polar surface area (TPSA) is 88.6 Å². The minimum absolute atomic E-state index is 0.0401. The van der Waals surface area contributed by atoms with Crippen molar-refractivity contribution in [2.45, 2.75) is 45.6 Å². The third kappa shape index (κ3) is 5.17. The van der Waals surface area contributed by atoms with Gasteiger partial charge in [-0.05, 0) is 25.3 Å². The standard InChI is InChI=1S/C16H25N3O4S/c1-3-11-24(21,22)19-9-7-14(8-10-19)23-16-6-5-13(12-17-16)18-15(20)4-2/h5-6,12,14H,3-4,7-11H2,1-2H3,(H,18,20). The summed E-state index contributed by atoms with van der Waals surface area (Å²) in [6.45, 7) is 4.62. The maximum absolute atomic E-state index is 12.0. The number of aromatic nitrogens is 1. The van der Waals surface area contributed by atoms with Crippen LogP contribution in [0.25, 0.3) is 0 Å². The van der Waals surface area contributed by atoms with Crippen molar-refractivity contribution in [2.24, 2.45) is 0 Å². The highest BCUT2D eigenvalue weighted by molar-refractivity contribution is 7.89. The van der Waals surface area contributed by atoms with Gasteiger partial charge in [-0.15, -0.1) is 0 Å². The number of carbonyl (C=O) groups is 1. The number of anilines is 1. The molecule has 1 saturated heterocycles. The van der Waals surface area contributed by atoms with Crippen LogP contribution in [0.1, 0.15) is 39.5 Å². The van der Waals surface area contributed by atoms with Gasteiger partial charge in [0.05, 0.1) is 17.6 Å². The minimum atomic E-state index is -3.13. The lowest BCUT2D eigenvalue weighted by Gasteiger charge is -2.31. The number of hydrogen-bond acceptors (Lipinski definition) is 5. The van der Waals surface area contributed by atoms with E-state index in [9.17, 15) is 13.2 Å². The molecule has 1 aromatic rings. The van der Waals surface area contributed by atoms with Gasteiger partial charge in [0.1, 0.15) is 6.10 Å². The second-order valence-electron chi connectivity index (χ2n) is 5.82. The second-order valence-corrected chi connectivity index (χ2v) is 7.91. The maximum Gasteiger partial charge on any atom is 0.224 e. The number of sulfonamides is 1. The van der Waals surface area contributed by atoms with Crippen molar-refractivity contribution in [1.82, 2.24) is 9.29 Å². The van der Waals surface area contributed by atoms with Crippen LogP contribution in [0.4, 0.5) is 5.69 Å². The predicted octanol–water partition coefficient (Wildman–Crippen LogP) is 2.01. The Labute approximate surface area is 143 Å². The first-order valence-corrected chi connectivity index (χ1v) is 9.96. The Morgan fingerprint density at radius 3 is 2.58 bits per heavy atom. The molecule has 2 rings (SSSR count). The van der Waals surface area contributed by atoms with E-state index in [1.54, 1.807) is 29.6 Å². The zero-order chi connectivity index (χ0) is 17.6. The summed E-state index contributed by atoms with van der Waals surface area (Å²) in [4.78, 5) is 15.5. The largest absolute Gasteiger partial charge is 0.474 e. The molecule has 24 heavy (non-hydrogen) atoms. The molecule has 0 radical (unpaired) electrons. The fourth-order valence-corrected chi connectivity index (χ4v) is 4.10. The van der Waals surface area contributed by atoms with Gasteiger partial charge in [0, 0.05) is 25.6 Å². The molecular formula is C16H25N3O4S. The van der Waals surface area contributed by atoms with Crippen LogP contribution in [0.15, 0.2) is 18.3 Å². The lowest BCUT2D eigenvalue weighted by Crippen LogP contribution is -2.42. The number of hydrogen-bond donors (Lipinski definition) is 1. The minimum Gasteiger partial charge on any atom is -0.474 e. The molecule has 1 fully saturated rings. The average molecular weight is 355 g/mol. The number of rotatable bonds is 7. The Balaban J connectivity index is 1.84. The van der Waals surface area contributed by atoms with E-state index in [1.807, 2.05) is 6.92 Å². The first-order valence-electron chi connectivity index (χ1n) is 8.35. The summed E-state index contributed by atoms with van der Waals surface area (Å²) in [5.41, 5.74) is 0.634. The zero-order valence-corrected chi connectivity index (χ0v) is 15.0. The molecule has 0 atom stereocenters. The molecular weight excluding hydrogens is 330 g/mol. The number of amides is 1. The number of pyridine rings is 1. The summed E-state index contributed by atoms with van der Waals surface area (Å²) >= 11 is 0. The number of piperidine rings is 1. The Morgan fingerprint density at radius 1 is 1.33 bits per heavy atom. The summed E-state index contributed by atoms with van der Waals surface area (Å²) in [7, 11) is -3.13. The van der Waals surface area contributed by atoms with Crippen molar-refractivity contribution in [3.05, 3.63) is 18.3 Å². The van der Waals surface area contributed by atoms with Crippen LogP contribution in [-0.4, -0.2) is 48.6 Å². The Morgan fingerprint density at radius 2 is 2.04 bits per heavy atom. The van der Waals surface area contributed by atoms with Gasteiger partial charge >= 0.3 is 0 Å². The predicted molar refractivity (Wildman–Crippen MR) is 92.5 cm³/mol. The smallest absolute Gasteiger partial charge is 0.224 e. The fraction of sp³-hybridized carbons (Fsp3) is 0.625. The van der Waals surface area contributed by atoms with Gasteiger partial charge in [-0.1, -0.05) is 13.8 Å². The van der Waals surface area contributed by atoms with E-state index in [-0.39, 0.29) is 17.8 Å². The van der Waals surface area contributed by atoms with E-state index < -0.39 is 10.0 Å². The third-order valence-electron chi connectivity index (χ3n) is 3.89. The number of nitrogens with one attached hydrogen (secondary N) is 1. The first kappa shape index (κ1) is 18.7. The number of carbonyl (C=O) groups excluding carboxylic acids is 1. The molecule has 7 nitrogen and oxygen atoms in total. The summed E-state index contributed by atoms with van der Waals surface area (Å²) in [5.74, 6) is 0.621. The van der Waals surface area contributed by atoms with Crippen LogP contribution in [0, 0.1) is 0 Å². The summed E-state index contributed by atoms with van der Waals surface area (Å²) in [6.07, 6.45) is 3.87. The summed E-state index contributed by atoms with van der Waals surface area (Å²) in [5, 5.41) is 2.73. The fourth-order valence-electron chi connectivity index (χ4n) is 2.56. The van der Waals surface area contributed by atoms with E-state index in [1.165, 1.54) is 0 Å². The highest BCUT2D eigenvalue weighted by Gasteiger charge is 2.28. The van der Waals surface area contributed by atoms with Gasteiger partial charge < -0.3 is 10.1 Å². The van der Waals surface area contributed by atoms with Crippen molar-refractivity contribution in [3.63, 3.8) is 0 Å². The monoisotopic (exact) mass is 355 g/mol. The number of nitrogens with zero attached hydrogens (tertiary/aromatic N) is 2. The Bertz CT molecular complexity index is 638. The lowest BCUT2D eigenvalue weighted by molar-refractivity contribution is -0.115. The van der Waals surface area contributed by atoms with Crippen LogP contribution in [0.3, 0.4) is 0 Å². The van der Waals surface area contributed by atoms with E-state index >= 15 is 0 Å². The average Bonchev–Trinajstić information content (AvgIpc) is 2.57. The number of ether oxygens (including phenoxy) is 1.